The fraction of sp³-hybridized carbons (Fsp3) is 0.939. The average Bonchev–Trinajstić information content (AvgIpc) is 2.88. The fourth-order valence-corrected chi connectivity index (χ4v) is 5.21. The normalized spacial score (nSPS) is 11.2. The second-order valence-corrected chi connectivity index (χ2v) is 11.5. The zero-order valence-corrected chi connectivity index (χ0v) is 25.3. The van der Waals surface area contributed by atoms with Crippen LogP contribution in [0.25, 0.3) is 0 Å². The van der Waals surface area contributed by atoms with E-state index < -0.39 is 0 Å². The molecule has 0 rings (SSSR count). The van der Waals surface area contributed by atoms with Gasteiger partial charge in [0.25, 0.3) is 0 Å². The highest BCUT2D eigenvalue weighted by Crippen LogP contribution is 2.14. The average molecular weight is 523 g/mol. The molecule has 0 aliphatic heterocycles. The van der Waals surface area contributed by atoms with E-state index in [-0.39, 0.29) is 5.91 Å². The third-order valence-electron chi connectivity index (χ3n) is 7.73. The number of hydrogen-bond acceptors (Lipinski definition) is 2. The first kappa shape index (κ1) is 35.9. The summed E-state index contributed by atoms with van der Waals surface area (Å²) in [5, 5.41) is 0. The third-order valence-corrected chi connectivity index (χ3v) is 7.73. The van der Waals surface area contributed by atoms with Crippen molar-refractivity contribution in [1.29, 1.82) is 0 Å². The van der Waals surface area contributed by atoms with Gasteiger partial charge in [-0.05, 0) is 25.7 Å². The van der Waals surface area contributed by atoms with Gasteiger partial charge in [-0.2, -0.15) is 0 Å². The van der Waals surface area contributed by atoms with Crippen LogP contribution in [0.15, 0.2) is 0 Å². The lowest BCUT2D eigenvalue weighted by atomic mass is 10.1. The molecule has 4 heteroatoms. The first-order valence-corrected chi connectivity index (χ1v) is 16.7. The van der Waals surface area contributed by atoms with Crippen molar-refractivity contribution in [2.24, 2.45) is 5.73 Å². The van der Waals surface area contributed by atoms with Crippen LogP contribution >= 0.6 is 0 Å². The summed E-state index contributed by atoms with van der Waals surface area (Å²) < 4.78 is 0. The maximum absolute atomic E-state index is 13.0. The van der Waals surface area contributed by atoms with E-state index in [1.807, 2.05) is 0 Å². The minimum Gasteiger partial charge on any atom is -0.370 e. The highest BCUT2D eigenvalue weighted by molar-refractivity contribution is 5.76. The highest BCUT2D eigenvalue weighted by Gasteiger charge is 2.12. The van der Waals surface area contributed by atoms with Crippen molar-refractivity contribution >= 4 is 11.8 Å². The predicted octanol–water partition coefficient (Wildman–Crippen LogP) is 9.87. The van der Waals surface area contributed by atoms with Crippen LogP contribution in [0.4, 0.5) is 0 Å². The fourth-order valence-electron chi connectivity index (χ4n) is 5.21. The van der Waals surface area contributed by atoms with Gasteiger partial charge in [-0.25, -0.2) is 0 Å². The van der Waals surface area contributed by atoms with Gasteiger partial charge in [0.2, 0.25) is 11.8 Å². The van der Waals surface area contributed by atoms with E-state index in [2.05, 4.69) is 18.7 Å². The standard InChI is InChI=1S/C33H66N2O2/c1-3-5-7-9-11-13-15-17-22-26-30-35(31-27-23-18-16-14-12-10-8-6-4-2)33(37)29-25-21-19-20-24-28-32(34)36/h3-31H2,1-2H3,(H2,34,36). The van der Waals surface area contributed by atoms with Crippen LogP contribution in [-0.4, -0.2) is 29.8 Å². The lowest BCUT2D eigenvalue weighted by Gasteiger charge is -2.23. The maximum atomic E-state index is 13.0. The summed E-state index contributed by atoms with van der Waals surface area (Å²) in [7, 11) is 0. The first-order valence-electron chi connectivity index (χ1n) is 16.7. The minimum absolute atomic E-state index is 0.204. The molecule has 0 atom stereocenters. The zero-order valence-electron chi connectivity index (χ0n) is 25.3. The number of amides is 2. The largest absolute Gasteiger partial charge is 0.370 e. The molecule has 0 radical (unpaired) electrons. The molecule has 0 bridgehead atoms. The molecule has 0 aromatic heterocycles. The van der Waals surface area contributed by atoms with Crippen molar-refractivity contribution in [2.45, 2.75) is 187 Å². The molecule has 0 saturated heterocycles. The van der Waals surface area contributed by atoms with Crippen molar-refractivity contribution in [3.8, 4) is 0 Å². The Bertz CT molecular complexity index is 471. The van der Waals surface area contributed by atoms with Gasteiger partial charge in [0.05, 0.1) is 0 Å². The molecule has 2 N–H and O–H groups in total. The van der Waals surface area contributed by atoms with Crippen molar-refractivity contribution < 1.29 is 9.59 Å². The van der Waals surface area contributed by atoms with Crippen LogP contribution in [0.2, 0.25) is 0 Å². The number of nitrogens with zero attached hydrogens (tertiary/aromatic N) is 1. The van der Waals surface area contributed by atoms with Crippen LogP contribution in [0.5, 0.6) is 0 Å². The van der Waals surface area contributed by atoms with Gasteiger partial charge < -0.3 is 10.6 Å². The number of carbonyl (C=O) groups is 2. The Balaban J connectivity index is 4.08. The lowest BCUT2D eigenvalue weighted by Crippen LogP contribution is -2.32. The minimum atomic E-state index is -0.204. The molecule has 0 spiro atoms. The molecule has 0 aliphatic carbocycles. The molecule has 2 amide bonds. The Morgan fingerprint density at radius 1 is 0.432 bits per heavy atom. The zero-order chi connectivity index (χ0) is 27.2. The third kappa shape index (κ3) is 27.8. The van der Waals surface area contributed by atoms with E-state index in [1.54, 1.807) is 0 Å². The molecule has 0 aliphatic rings. The van der Waals surface area contributed by atoms with E-state index >= 15 is 0 Å². The lowest BCUT2D eigenvalue weighted by molar-refractivity contribution is -0.131. The van der Waals surface area contributed by atoms with Gasteiger partial charge in [-0.3, -0.25) is 9.59 Å². The van der Waals surface area contributed by atoms with Crippen molar-refractivity contribution in [3.63, 3.8) is 0 Å². The van der Waals surface area contributed by atoms with Crippen LogP contribution < -0.4 is 5.73 Å². The van der Waals surface area contributed by atoms with E-state index in [1.165, 1.54) is 116 Å². The maximum Gasteiger partial charge on any atom is 0.222 e. The molecule has 0 heterocycles. The Hall–Kier alpha value is -1.06. The summed E-state index contributed by atoms with van der Waals surface area (Å²) >= 11 is 0. The SMILES string of the molecule is CCCCCCCCCCCCN(CCCCCCCCCCCC)C(=O)CCCCCCCC(N)=O. The Morgan fingerprint density at radius 2 is 0.730 bits per heavy atom. The number of unbranched alkanes of at least 4 members (excludes halogenated alkanes) is 22. The smallest absolute Gasteiger partial charge is 0.222 e. The van der Waals surface area contributed by atoms with E-state index in [9.17, 15) is 9.59 Å². The van der Waals surface area contributed by atoms with E-state index in [0.717, 1.165) is 58.0 Å². The first-order chi connectivity index (χ1) is 18.1. The highest BCUT2D eigenvalue weighted by atomic mass is 16.2. The number of hydrogen-bond donors (Lipinski definition) is 1. The molecule has 0 saturated carbocycles. The summed E-state index contributed by atoms with van der Waals surface area (Å²) in [4.78, 5) is 26.0. The molecule has 4 nitrogen and oxygen atoms in total. The van der Waals surface area contributed by atoms with Crippen LogP contribution in [0.1, 0.15) is 187 Å². The summed E-state index contributed by atoms with van der Waals surface area (Å²) in [5.74, 6) is 0.161. The molecule has 37 heavy (non-hydrogen) atoms. The van der Waals surface area contributed by atoms with Gasteiger partial charge in [-0.15, -0.1) is 0 Å². The Labute approximate surface area is 232 Å². The number of nitrogens with two attached hydrogens (primary N) is 1. The molecular formula is C33H66N2O2. The number of primary amides is 1. The van der Waals surface area contributed by atoms with Gasteiger partial charge in [0.15, 0.2) is 0 Å². The summed E-state index contributed by atoms with van der Waals surface area (Å²) in [6.45, 7) is 6.45. The molecular weight excluding hydrogens is 456 g/mol. The number of rotatable bonds is 30. The van der Waals surface area contributed by atoms with Crippen LogP contribution in [0, 0.1) is 0 Å². The molecule has 220 valence electrons. The Kier molecular flexibility index (Phi) is 28.7. The summed E-state index contributed by atoms with van der Waals surface area (Å²) in [6, 6.07) is 0. The number of carbonyl (C=O) groups excluding carboxylic acids is 2. The summed E-state index contributed by atoms with van der Waals surface area (Å²) in [5.41, 5.74) is 5.21. The second-order valence-electron chi connectivity index (χ2n) is 11.5. The molecule has 0 aromatic rings. The van der Waals surface area contributed by atoms with Crippen molar-refractivity contribution in [1.82, 2.24) is 4.90 Å². The monoisotopic (exact) mass is 523 g/mol. The second kappa shape index (κ2) is 29.5. The van der Waals surface area contributed by atoms with Crippen molar-refractivity contribution in [3.05, 3.63) is 0 Å². The van der Waals surface area contributed by atoms with Gasteiger partial charge in [0, 0.05) is 25.9 Å². The predicted molar refractivity (Wildman–Crippen MR) is 162 cm³/mol. The van der Waals surface area contributed by atoms with E-state index in [4.69, 9.17) is 5.73 Å². The topological polar surface area (TPSA) is 63.4 Å². The van der Waals surface area contributed by atoms with Gasteiger partial charge >= 0.3 is 0 Å². The van der Waals surface area contributed by atoms with Crippen molar-refractivity contribution in [2.75, 3.05) is 13.1 Å². The molecule has 0 unspecified atom stereocenters. The van der Waals surface area contributed by atoms with E-state index in [0.29, 0.717) is 18.7 Å². The van der Waals surface area contributed by atoms with Gasteiger partial charge in [0.1, 0.15) is 0 Å². The van der Waals surface area contributed by atoms with Gasteiger partial charge in [-0.1, -0.05) is 149 Å². The van der Waals surface area contributed by atoms with Crippen LogP contribution in [-0.2, 0) is 9.59 Å². The summed E-state index contributed by atoms with van der Waals surface area (Å²) in [6.07, 6.45) is 33.0. The molecule has 0 aromatic carbocycles. The quantitative estimate of drug-likeness (QED) is 0.0954. The molecule has 0 fully saturated rings. The van der Waals surface area contributed by atoms with Crippen LogP contribution in [0.3, 0.4) is 0 Å². The Morgan fingerprint density at radius 3 is 1.08 bits per heavy atom.